The largest absolute Gasteiger partial charge is 0.497 e. The van der Waals surface area contributed by atoms with Gasteiger partial charge in [0.1, 0.15) is 5.75 Å². The molecule has 0 spiro atoms. The van der Waals surface area contributed by atoms with Crippen LogP contribution in [0.2, 0.25) is 10.0 Å². The van der Waals surface area contributed by atoms with Crippen LogP contribution in [0.3, 0.4) is 0 Å². The highest BCUT2D eigenvalue weighted by Crippen LogP contribution is 2.33. The molecule has 2 aromatic carbocycles. The molecule has 0 aliphatic carbocycles. The number of unbranched alkanes of at least 4 members (excludes halogenated alkanes) is 1. The molecule has 1 fully saturated rings. The molecule has 8 heteroatoms. The van der Waals surface area contributed by atoms with Crippen LogP contribution in [0.1, 0.15) is 42.2 Å². The van der Waals surface area contributed by atoms with Crippen molar-refractivity contribution in [3.05, 3.63) is 69.8 Å². The Labute approximate surface area is 236 Å². The molecular formula is C29H36Cl3N3O2. The van der Waals surface area contributed by atoms with Crippen LogP contribution in [0.4, 0.5) is 5.69 Å². The minimum Gasteiger partial charge on any atom is -0.497 e. The van der Waals surface area contributed by atoms with Crippen LogP contribution in [0, 0.1) is 6.92 Å². The number of carbonyl (C=O) groups is 1. The number of hydrogen-bond donors (Lipinski definition) is 0. The third-order valence-corrected chi connectivity index (χ3v) is 7.95. The van der Waals surface area contributed by atoms with Gasteiger partial charge in [-0.1, -0.05) is 29.3 Å². The van der Waals surface area contributed by atoms with E-state index in [1.165, 1.54) is 0 Å². The Morgan fingerprint density at radius 1 is 1.00 bits per heavy atom. The smallest absolute Gasteiger partial charge is 0.164 e. The zero-order valence-corrected chi connectivity index (χ0v) is 24.1. The third-order valence-electron chi connectivity index (χ3n) is 7.14. The van der Waals surface area contributed by atoms with Gasteiger partial charge >= 0.3 is 0 Å². The number of nitrogens with zero attached hydrogens (tertiary/aromatic N) is 3. The van der Waals surface area contributed by atoms with Gasteiger partial charge in [-0.15, -0.1) is 12.4 Å². The number of Topliss-reactive ketones (excluding diaryl/α,β-unsaturated/α-hetero) is 1. The molecule has 5 nitrogen and oxygen atoms in total. The molecule has 1 aromatic heterocycles. The van der Waals surface area contributed by atoms with E-state index in [9.17, 15) is 4.79 Å². The maximum atomic E-state index is 13.1. The molecule has 37 heavy (non-hydrogen) atoms. The molecule has 1 saturated heterocycles. The standard InChI is InChI=1S/C29H35Cl2N3O2.ClH/c1-4-34-21(2)24(20-27(34)22-11-13-23(36-3)14-12-22)28(35)10-5-6-15-32-16-18-33(19-17-32)26-9-7-8-25(30)29(26)31;/h7-9,11-14,20H,4-6,10,15-19H2,1-3H3;1H. The summed E-state index contributed by atoms with van der Waals surface area (Å²) >= 11 is 12.6. The highest BCUT2D eigenvalue weighted by Gasteiger charge is 2.20. The second-order valence-electron chi connectivity index (χ2n) is 9.28. The van der Waals surface area contributed by atoms with Gasteiger partial charge in [-0.05, 0) is 81.3 Å². The summed E-state index contributed by atoms with van der Waals surface area (Å²) in [7, 11) is 1.67. The molecular weight excluding hydrogens is 529 g/mol. The van der Waals surface area contributed by atoms with Crippen molar-refractivity contribution >= 4 is 47.1 Å². The Hall–Kier alpha value is -2.18. The number of aromatic nitrogens is 1. The molecule has 200 valence electrons. The number of methoxy groups -OCH3 is 1. The average Bonchev–Trinajstić information content (AvgIpc) is 3.24. The maximum Gasteiger partial charge on any atom is 0.164 e. The summed E-state index contributed by atoms with van der Waals surface area (Å²) in [4.78, 5) is 17.9. The molecule has 2 heterocycles. The van der Waals surface area contributed by atoms with E-state index in [2.05, 4.69) is 34.3 Å². The number of rotatable bonds is 10. The number of ketones is 1. The molecule has 0 unspecified atom stereocenters. The van der Waals surface area contributed by atoms with Crippen molar-refractivity contribution in [3.8, 4) is 17.0 Å². The Kier molecular flexibility index (Phi) is 10.8. The molecule has 1 aliphatic rings. The molecule has 0 saturated carbocycles. The zero-order chi connectivity index (χ0) is 25.7. The van der Waals surface area contributed by atoms with Crippen molar-refractivity contribution in [1.29, 1.82) is 0 Å². The van der Waals surface area contributed by atoms with E-state index < -0.39 is 0 Å². The first-order valence-corrected chi connectivity index (χ1v) is 13.5. The number of ether oxygens (including phenoxy) is 1. The Morgan fingerprint density at radius 2 is 1.70 bits per heavy atom. The fourth-order valence-electron chi connectivity index (χ4n) is 5.04. The van der Waals surface area contributed by atoms with Crippen molar-refractivity contribution in [2.45, 2.75) is 39.7 Å². The van der Waals surface area contributed by atoms with Crippen LogP contribution in [-0.2, 0) is 6.54 Å². The minimum atomic E-state index is 0. The van der Waals surface area contributed by atoms with Gasteiger partial charge in [-0.2, -0.15) is 0 Å². The monoisotopic (exact) mass is 563 g/mol. The first kappa shape index (κ1) is 29.4. The Bertz CT molecular complexity index is 1190. The predicted octanol–water partition coefficient (Wildman–Crippen LogP) is 7.40. The van der Waals surface area contributed by atoms with Crippen LogP contribution in [0.15, 0.2) is 48.5 Å². The summed E-state index contributed by atoms with van der Waals surface area (Å²) in [5.41, 5.74) is 5.08. The van der Waals surface area contributed by atoms with Crippen LogP contribution in [0.25, 0.3) is 11.3 Å². The van der Waals surface area contributed by atoms with E-state index in [-0.39, 0.29) is 18.2 Å². The highest BCUT2D eigenvalue weighted by atomic mass is 35.5. The second kappa shape index (κ2) is 13.6. The lowest BCUT2D eigenvalue weighted by molar-refractivity contribution is 0.0977. The molecule has 0 N–H and O–H groups in total. The number of halogens is 3. The Morgan fingerprint density at radius 3 is 2.35 bits per heavy atom. The van der Waals surface area contributed by atoms with Crippen LogP contribution in [0.5, 0.6) is 5.75 Å². The van der Waals surface area contributed by atoms with Crippen LogP contribution < -0.4 is 9.64 Å². The van der Waals surface area contributed by atoms with E-state index >= 15 is 0 Å². The van der Waals surface area contributed by atoms with Gasteiger partial charge < -0.3 is 14.2 Å². The lowest BCUT2D eigenvalue weighted by Gasteiger charge is -2.36. The molecule has 0 atom stereocenters. The summed E-state index contributed by atoms with van der Waals surface area (Å²) in [6, 6.07) is 15.9. The SMILES string of the molecule is CCn1c(-c2ccc(OC)cc2)cc(C(=O)CCCCN2CCN(c3cccc(Cl)c3Cl)CC2)c1C.Cl. The Balaban J connectivity index is 0.00000380. The van der Waals surface area contributed by atoms with Crippen LogP contribution in [-0.4, -0.2) is 55.1 Å². The fraction of sp³-hybridized carbons (Fsp3) is 0.414. The number of piperazine rings is 1. The van der Waals surface area contributed by atoms with Gasteiger partial charge in [0.25, 0.3) is 0 Å². The van der Waals surface area contributed by atoms with Gasteiger partial charge in [-0.25, -0.2) is 0 Å². The van der Waals surface area contributed by atoms with Crippen molar-refractivity contribution < 1.29 is 9.53 Å². The number of benzene rings is 2. The second-order valence-corrected chi connectivity index (χ2v) is 10.1. The van der Waals surface area contributed by atoms with Gasteiger partial charge in [0, 0.05) is 56.1 Å². The highest BCUT2D eigenvalue weighted by molar-refractivity contribution is 6.43. The zero-order valence-electron chi connectivity index (χ0n) is 21.8. The fourth-order valence-corrected chi connectivity index (χ4v) is 5.46. The lowest BCUT2D eigenvalue weighted by atomic mass is 10.0. The van der Waals surface area contributed by atoms with Crippen molar-refractivity contribution in [1.82, 2.24) is 9.47 Å². The van der Waals surface area contributed by atoms with Crippen molar-refractivity contribution in [3.63, 3.8) is 0 Å². The summed E-state index contributed by atoms with van der Waals surface area (Å²) in [6.07, 6.45) is 2.49. The lowest BCUT2D eigenvalue weighted by Crippen LogP contribution is -2.46. The number of hydrogen-bond acceptors (Lipinski definition) is 4. The van der Waals surface area contributed by atoms with E-state index in [1.807, 2.05) is 42.5 Å². The van der Waals surface area contributed by atoms with E-state index in [4.69, 9.17) is 27.9 Å². The molecule has 4 rings (SSSR count). The number of carbonyl (C=O) groups excluding carboxylic acids is 1. The summed E-state index contributed by atoms with van der Waals surface area (Å²) < 4.78 is 7.51. The average molecular weight is 565 g/mol. The summed E-state index contributed by atoms with van der Waals surface area (Å²) in [6.45, 7) is 9.84. The van der Waals surface area contributed by atoms with Crippen LogP contribution >= 0.6 is 35.6 Å². The first-order chi connectivity index (χ1) is 17.4. The molecule has 3 aromatic rings. The first-order valence-electron chi connectivity index (χ1n) is 12.7. The van der Waals surface area contributed by atoms with Crippen molar-refractivity contribution in [2.24, 2.45) is 0 Å². The molecule has 1 aliphatic heterocycles. The summed E-state index contributed by atoms with van der Waals surface area (Å²) in [5.74, 6) is 1.06. The molecule has 0 radical (unpaired) electrons. The van der Waals surface area contributed by atoms with Gasteiger partial charge in [0.2, 0.25) is 0 Å². The van der Waals surface area contributed by atoms with E-state index in [0.717, 1.165) is 86.1 Å². The quantitative estimate of drug-likeness (QED) is 0.190. The number of anilines is 1. The van der Waals surface area contributed by atoms with Gasteiger partial charge in [0.15, 0.2) is 5.78 Å². The van der Waals surface area contributed by atoms with E-state index in [1.54, 1.807) is 7.11 Å². The summed E-state index contributed by atoms with van der Waals surface area (Å²) in [5, 5.41) is 1.23. The minimum absolute atomic E-state index is 0. The molecule has 0 amide bonds. The maximum absolute atomic E-state index is 13.1. The van der Waals surface area contributed by atoms with E-state index in [0.29, 0.717) is 16.5 Å². The van der Waals surface area contributed by atoms with Crippen molar-refractivity contribution in [2.75, 3.05) is 44.7 Å². The normalized spacial score (nSPS) is 13.9. The predicted molar refractivity (Wildman–Crippen MR) is 157 cm³/mol. The van der Waals surface area contributed by atoms with Gasteiger partial charge in [0.05, 0.1) is 22.8 Å². The van der Waals surface area contributed by atoms with Gasteiger partial charge in [-0.3, -0.25) is 9.69 Å². The topological polar surface area (TPSA) is 37.7 Å². The third kappa shape index (κ3) is 6.83. The molecule has 0 bridgehead atoms.